The van der Waals surface area contributed by atoms with Crippen LogP contribution in [0.2, 0.25) is 5.02 Å². The van der Waals surface area contributed by atoms with Crippen molar-refractivity contribution in [3.05, 3.63) is 32.8 Å². The number of nitrogens with one attached hydrogen (secondary N) is 1. The highest BCUT2D eigenvalue weighted by atomic mass is 35.5. The molecule has 1 aromatic carbocycles. The van der Waals surface area contributed by atoms with Crippen LogP contribution in [0.15, 0.2) is 12.1 Å². The van der Waals surface area contributed by atoms with Crippen molar-refractivity contribution >= 4 is 28.9 Å². The lowest BCUT2D eigenvalue weighted by molar-refractivity contribution is -0.385. The zero-order chi connectivity index (χ0) is 14.2. The van der Waals surface area contributed by atoms with Crippen molar-refractivity contribution in [3.63, 3.8) is 0 Å². The number of carbonyl (C=O) groups excluding carboxylic acids is 1. The van der Waals surface area contributed by atoms with Crippen molar-refractivity contribution in [2.24, 2.45) is 0 Å². The maximum atomic E-state index is 11.8. The highest BCUT2D eigenvalue weighted by molar-refractivity contribution is 6.33. The van der Waals surface area contributed by atoms with Gasteiger partial charge >= 0.3 is 0 Å². The molecule has 7 heteroatoms. The van der Waals surface area contributed by atoms with Gasteiger partial charge in [0.2, 0.25) is 5.91 Å². The van der Waals surface area contributed by atoms with Crippen LogP contribution in [0.4, 0.5) is 11.4 Å². The fourth-order valence-corrected chi connectivity index (χ4v) is 2.33. The smallest absolute Gasteiger partial charge is 0.273 e. The normalized spacial score (nSPS) is 18.8. The summed E-state index contributed by atoms with van der Waals surface area (Å²) >= 11 is 6.02. The van der Waals surface area contributed by atoms with Crippen LogP contribution >= 0.6 is 11.6 Å². The van der Waals surface area contributed by atoms with Crippen LogP contribution in [0.1, 0.15) is 12.0 Å². The van der Waals surface area contributed by atoms with Crippen molar-refractivity contribution in [3.8, 4) is 0 Å². The Kier molecular flexibility index (Phi) is 3.61. The monoisotopic (exact) mass is 283 g/mol. The molecule has 1 atom stereocenters. The molecule has 0 radical (unpaired) electrons. The molecule has 1 fully saturated rings. The van der Waals surface area contributed by atoms with E-state index in [1.807, 2.05) is 0 Å². The number of anilines is 1. The van der Waals surface area contributed by atoms with Crippen molar-refractivity contribution in [2.45, 2.75) is 19.4 Å². The van der Waals surface area contributed by atoms with E-state index >= 15 is 0 Å². The lowest BCUT2D eigenvalue weighted by Gasteiger charge is -2.15. The first kappa shape index (κ1) is 13.6. The van der Waals surface area contributed by atoms with Crippen molar-refractivity contribution < 1.29 is 9.72 Å². The van der Waals surface area contributed by atoms with E-state index in [9.17, 15) is 14.9 Å². The number of nitro groups is 1. The van der Waals surface area contributed by atoms with Crippen molar-refractivity contribution in [1.29, 1.82) is 0 Å². The SMILES string of the molecule is Cc1cc(N[C@@H]2CCN(C)C2=O)c(Cl)cc1[N+](=O)[O-]. The Morgan fingerprint density at radius 1 is 1.53 bits per heavy atom. The third-order valence-electron chi connectivity index (χ3n) is 3.24. The summed E-state index contributed by atoms with van der Waals surface area (Å²) in [6.07, 6.45) is 0.696. The summed E-state index contributed by atoms with van der Waals surface area (Å²) in [5, 5.41) is 14.1. The number of carbonyl (C=O) groups is 1. The predicted molar refractivity (Wildman–Crippen MR) is 72.5 cm³/mol. The standard InChI is InChI=1S/C12H14ClN3O3/c1-7-5-10(8(13)6-11(7)16(18)19)14-9-3-4-15(2)12(9)17/h5-6,9,14H,3-4H2,1-2H3/t9-/m1/s1. The summed E-state index contributed by atoms with van der Waals surface area (Å²) in [6, 6.07) is 2.59. The Morgan fingerprint density at radius 3 is 2.74 bits per heavy atom. The Morgan fingerprint density at radius 2 is 2.21 bits per heavy atom. The van der Waals surface area contributed by atoms with E-state index in [-0.39, 0.29) is 22.7 Å². The molecular formula is C12H14ClN3O3. The molecular weight excluding hydrogens is 270 g/mol. The molecule has 6 nitrogen and oxygen atoms in total. The molecule has 0 bridgehead atoms. The molecule has 1 heterocycles. The maximum Gasteiger partial charge on any atom is 0.273 e. The maximum absolute atomic E-state index is 11.8. The highest BCUT2D eigenvalue weighted by Gasteiger charge is 2.29. The van der Waals surface area contributed by atoms with Crippen LogP contribution in [0.3, 0.4) is 0 Å². The van der Waals surface area contributed by atoms with E-state index in [2.05, 4.69) is 5.32 Å². The summed E-state index contributed by atoms with van der Waals surface area (Å²) in [7, 11) is 1.74. The van der Waals surface area contributed by atoms with Gasteiger partial charge in [0.15, 0.2) is 0 Å². The zero-order valence-electron chi connectivity index (χ0n) is 10.6. The summed E-state index contributed by atoms with van der Waals surface area (Å²) in [5.41, 5.74) is 1.04. The number of nitrogens with zero attached hydrogens (tertiary/aromatic N) is 2. The van der Waals surface area contributed by atoms with Crippen molar-refractivity contribution in [1.82, 2.24) is 4.90 Å². The second kappa shape index (κ2) is 5.05. The summed E-state index contributed by atoms with van der Waals surface area (Å²) in [6.45, 7) is 2.34. The molecule has 0 spiro atoms. The van der Waals surface area contributed by atoms with Crippen LogP contribution in [-0.2, 0) is 4.79 Å². The second-order valence-electron chi connectivity index (χ2n) is 4.62. The molecule has 1 saturated heterocycles. The Hall–Kier alpha value is -1.82. The molecule has 1 N–H and O–H groups in total. The van der Waals surface area contributed by atoms with Gasteiger partial charge in [-0.15, -0.1) is 0 Å². The van der Waals surface area contributed by atoms with Gasteiger partial charge in [0.1, 0.15) is 6.04 Å². The number of likely N-dealkylation sites (tertiary alicyclic amines) is 1. The number of hydrogen-bond donors (Lipinski definition) is 1. The molecule has 1 aliphatic heterocycles. The quantitative estimate of drug-likeness (QED) is 0.681. The molecule has 0 unspecified atom stereocenters. The van der Waals surface area contributed by atoms with Crippen LogP contribution < -0.4 is 5.32 Å². The van der Waals surface area contributed by atoms with Gasteiger partial charge in [-0.05, 0) is 19.4 Å². The lowest BCUT2D eigenvalue weighted by Crippen LogP contribution is -2.31. The van der Waals surface area contributed by atoms with E-state index in [0.29, 0.717) is 24.2 Å². The Bertz CT molecular complexity index is 547. The lowest BCUT2D eigenvalue weighted by atomic mass is 10.1. The van der Waals surface area contributed by atoms with Crippen molar-refractivity contribution in [2.75, 3.05) is 18.9 Å². The number of halogens is 1. The van der Waals surface area contributed by atoms with Gasteiger partial charge in [-0.2, -0.15) is 0 Å². The van der Waals surface area contributed by atoms with E-state index in [1.54, 1.807) is 24.9 Å². The number of aryl methyl sites for hydroxylation is 1. The third kappa shape index (κ3) is 2.63. The fraction of sp³-hybridized carbons (Fsp3) is 0.417. The predicted octanol–water partition coefficient (Wildman–Crippen LogP) is 2.20. The summed E-state index contributed by atoms with van der Waals surface area (Å²) in [5.74, 6) is 0.00655. The number of hydrogen-bond acceptors (Lipinski definition) is 4. The topological polar surface area (TPSA) is 75.5 Å². The number of nitro benzene ring substituents is 1. The molecule has 2 rings (SSSR count). The van der Waals surface area contributed by atoms with Gasteiger partial charge < -0.3 is 10.2 Å². The van der Waals surface area contributed by atoms with E-state index < -0.39 is 4.92 Å². The molecule has 1 amide bonds. The van der Waals surface area contributed by atoms with Gasteiger partial charge in [-0.3, -0.25) is 14.9 Å². The average molecular weight is 284 g/mol. The number of rotatable bonds is 3. The zero-order valence-corrected chi connectivity index (χ0v) is 11.4. The average Bonchev–Trinajstić information content (AvgIpc) is 2.65. The molecule has 102 valence electrons. The van der Waals surface area contributed by atoms with Gasteiger partial charge in [0.05, 0.1) is 15.6 Å². The van der Waals surface area contributed by atoms with Gasteiger partial charge in [-0.1, -0.05) is 11.6 Å². The van der Waals surface area contributed by atoms with Gasteiger partial charge in [0, 0.05) is 25.2 Å². The van der Waals surface area contributed by atoms with E-state index in [0.717, 1.165) is 0 Å². The molecule has 19 heavy (non-hydrogen) atoms. The van der Waals surface area contributed by atoms with Crippen LogP contribution in [-0.4, -0.2) is 35.4 Å². The summed E-state index contributed by atoms with van der Waals surface area (Å²) in [4.78, 5) is 23.8. The van der Waals surface area contributed by atoms with E-state index in [1.165, 1.54) is 6.07 Å². The second-order valence-corrected chi connectivity index (χ2v) is 5.03. The number of benzene rings is 1. The number of likely N-dealkylation sites (N-methyl/N-ethyl adjacent to an activating group) is 1. The molecule has 0 aliphatic carbocycles. The van der Waals surface area contributed by atoms with Crippen LogP contribution in [0.25, 0.3) is 0 Å². The highest BCUT2D eigenvalue weighted by Crippen LogP contribution is 2.31. The van der Waals surface area contributed by atoms with Crippen LogP contribution in [0, 0.1) is 17.0 Å². The first-order valence-corrected chi connectivity index (χ1v) is 6.24. The molecule has 0 aromatic heterocycles. The Labute approximate surface area is 115 Å². The molecule has 1 aromatic rings. The summed E-state index contributed by atoms with van der Waals surface area (Å²) < 4.78 is 0. The first-order chi connectivity index (χ1) is 8.90. The van der Waals surface area contributed by atoms with Gasteiger partial charge in [-0.25, -0.2) is 0 Å². The Balaban J connectivity index is 2.24. The minimum atomic E-state index is -0.473. The molecule has 0 saturated carbocycles. The minimum Gasteiger partial charge on any atom is -0.372 e. The van der Waals surface area contributed by atoms with Gasteiger partial charge in [0.25, 0.3) is 5.69 Å². The third-order valence-corrected chi connectivity index (χ3v) is 3.55. The number of amides is 1. The molecule has 1 aliphatic rings. The van der Waals surface area contributed by atoms with E-state index in [4.69, 9.17) is 11.6 Å². The van der Waals surface area contributed by atoms with Crippen LogP contribution in [0.5, 0.6) is 0 Å². The first-order valence-electron chi connectivity index (χ1n) is 5.86. The fourth-order valence-electron chi connectivity index (χ4n) is 2.12. The minimum absolute atomic E-state index is 0.00655. The largest absolute Gasteiger partial charge is 0.372 e.